The molecule has 1 aromatic carbocycles. The molecule has 0 aliphatic rings. The molecule has 0 radical (unpaired) electrons. The minimum atomic E-state index is -0.238. The molecule has 1 aromatic heterocycles. The summed E-state index contributed by atoms with van der Waals surface area (Å²) in [6.07, 6.45) is 0. The van der Waals surface area contributed by atoms with Gasteiger partial charge in [0, 0.05) is 4.90 Å². The van der Waals surface area contributed by atoms with E-state index in [1.54, 1.807) is 6.07 Å². The zero-order chi connectivity index (χ0) is 13.1. The summed E-state index contributed by atoms with van der Waals surface area (Å²) in [5.41, 5.74) is 0.866. The van der Waals surface area contributed by atoms with Crippen molar-refractivity contribution in [3.05, 3.63) is 50.3 Å². The molecular weight excluding hydrogens is 386 g/mol. The number of hydrogen-bond donors (Lipinski definition) is 0. The molecule has 6 heteroatoms. The summed E-state index contributed by atoms with van der Waals surface area (Å²) >= 11 is 9.60. The Morgan fingerprint density at radius 2 is 2.17 bits per heavy atom. The number of nitrogens with zero attached hydrogens (tertiary/aromatic N) is 2. The van der Waals surface area contributed by atoms with Gasteiger partial charge in [-0.05, 0) is 47.7 Å². The van der Waals surface area contributed by atoms with E-state index in [9.17, 15) is 4.39 Å². The Morgan fingerprint density at radius 1 is 1.39 bits per heavy atom. The first kappa shape index (κ1) is 14.0. The van der Waals surface area contributed by atoms with Crippen LogP contribution < -0.4 is 0 Å². The summed E-state index contributed by atoms with van der Waals surface area (Å²) in [6, 6.07) is 6.46. The molecule has 2 nitrogen and oxygen atoms in total. The summed E-state index contributed by atoms with van der Waals surface area (Å²) in [7, 11) is 0. The molecule has 0 bridgehead atoms. The molecule has 0 unspecified atom stereocenters. The molecule has 0 saturated heterocycles. The van der Waals surface area contributed by atoms with Crippen molar-refractivity contribution in [2.24, 2.45) is 0 Å². The van der Waals surface area contributed by atoms with Gasteiger partial charge in [0.15, 0.2) is 0 Å². The standard InChI is InChI=1S/C12H9ClFIN2S/c1-7-11(15)12(13)17-10(16-7)6-18-9-4-2-3-8(14)5-9/h2-5H,6H2,1H3. The number of thioether (sulfide) groups is 1. The van der Waals surface area contributed by atoms with E-state index in [-0.39, 0.29) is 5.82 Å². The van der Waals surface area contributed by atoms with Crippen LogP contribution in [0, 0.1) is 16.3 Å². The van der Waals surface area contributed by atoms with Crippen LogP contribution in [0.2, 0.25) is 5.15 Å². The number of aromatic nitrogens is 2. The maximum atomic E-state index is 13.0. The van der Waals surface area contributed by atoms with Gasteiger partial charge >= 0.3 is 0 Å². The third-order valence-corrected chi connectivity index (χ3v) is 5.06. The lowest BCUT2D eigenvalue weighted by Crippen LogP contribution is -1.99. The second-order valence-electron chi connectivity index (χ2n) is 3.58. The largest absolute Gasteiger partial charge is 0.236 e. The fourth-order valence-corrected chi connectivity index (χ4v) is 2.62. The van der Waals surface area contributed by atoms with E-state index in [2.05, 4.69) is 32.6 Å². The molecule has 2 rings (SSSR count). The van der Waals surface area contributed by atoms with Gasteiger partial charge in [0.25, 0.3) is 0 Å². The summed E-state index contributed by atoms with van der Waals surface area (Å²) in [6.45, 7) is 1.89. The van der Waals surface area contributed by atoms with E-state index < -0.39 is 0 Å². The SMILES string of the molecule is Cc1nc(CSc2cccc(F)c2)nc(Cl)c1I. The predicted octanol–water partition coefficient (Wildman–Crippen LogP) is 4.47. The highest BCUT2D eigenvalue weighted by Crippen LogP contribution is 2.24. The lowest BCUT2D eigenvalue weighted by atomic mass is 10.4. The number of rotatable bonds is 3. The zero-order valence-electron chi connectivity index (χ0n) is 9.45. The Hall–Kier alpha value is -0.400. The van der Waals surface area contributed by atoms with Gasteiger partial charge in [0.2, 0.25) is 0 Å². The highest BCUT2D eigenvalue weighted by molar-refractivity contribution is 14.1. The van der Waals surface area contributed by atoms with Crippen LogP contribution in [0.25, 0.3) is 0 Å². The maximum Gasteiger partial charge on any atom is 0.146 e. The second kappa shape index (κ2) is 6.16. The molecule has 0 aliphatic heterocycles. The molecule has 0 fully saturated rings. The van der Waals surface area contributed by atoms with E-state index in [1.807, 2.05) is 13.0 Å². The Balaban J connectivity index is 2.11. The average Bonchev–Trinajstić information content (AvgIpc) is 2.33. The number of aryl methyl sites for hydroxylation is 1. The zero-order valence-corrected chi connectivity index (χ0v) is 13.2. The van der Waals surface area contributed by atoms with Gasteiger partial charge in [0.1, 0.15) is 16.8 Å². The van der Waals surface area contributed by atoms with Crippen molar-refractivity contribution in [3.63, 3.8) is 0 Å². The van der Waals surface area contributed by atoms with Crippen molar-refractivity contribution < 1.29 is 4.39 Å². The van der Waals surface area contributed by atoms with Crippen molar-refractivity contribution in [1.82, 2.24) is 9.97 Å². The van der Waals surface area contributed by atoms with Crippen LogP contribution in [-0.4, -0.2) is 9.97 Å². The lowest BCUT2D eigenvalue weighted by molar-refractivity contribution is 0.624. The van der Waals surface area contributed by atoms with Crippen LogP contribution in [0.5, 0.6) is 0 Å². The first-order valence-corrected chi connectivity index (χ1v) is 7.57. The molecule has 0 atom stereocenters. The van der Waals surface area contributed by atoms with Gasteiger partial charge in [0.05, 0.1) is 15.0 Å². The molecule has 94 valence electrons. The van der Waals surface area contributed by atoms with Gasteiger partial charge in [-0.25, -0.2) is 14.4 Å². The normalized spacial score (nSPS) is 10.7. The van der Waals surface area contributed by atoms with Crippen LogP contribution in [0.3, 0.4) is 0 Å². The third kappa shape index (κ3) is 3.55. The number of halogens is 3. The van der Waals surface area contributed by atoms with E-state index in [4.69, 9.17) is 11.6 Å². The molecule has 0 aliphatic carbocycles. The molecule has 18 heavy (non-hydrogen) atoms. The Kier molecular flexibility index (Phi) is 4.80. The van der Waals surface area contributed by atoms with Crippen LogP contribution in [0.1, 0.15) is 11.5 Å². The van der Waals surface area contributed by atoms with Crippen LogP contribution in [-0.2, 0) is 5.75 Å². The van der Waals surface area contributed by atoms with Crippen LogP contribution in [0.4, 0.5) is 4.39 Å². The van der Waals surface area contributed by atoms with E-state index in [0.29, 0.717) is 16.7 Å². The van der Waals surface area contributed by atoms with Crippen molar-refractivity contribution in [2.45, 2.75) is 17.6 Å². The Labute approximate surface area is 128 Å². The highest BCUT2D eigenvalue weighted by atomic mass is 127. The first-order chi connectivity index (χ1) is 8.56. The Morgan fingerprint density at radius 3 is 2.83 bits per heavy atom. The van der Waals surface area contributed by atoms with Crippen molar-refractivity contribution in [2.75, 3.05) is 0 Å². The van der Waals surface area contributed by atoms with E-state index >= 15 is 0 Å². The predicted molar refractivity (Wildman–Crippen MR) is 80.5 cm³/mol. The molecular formula is C12H9ClFIN2S. The van der Waals surface area contributed by atoms with Crippen molar-refractivity contribution >= 4 is 46.0 Å². The molecule has 0 saturated carbocycles. The summed E-state index contributed by atoms with van der Waals surface area (Å²) in [4.78, 5) is 9.41. The first-order valence-electron chi connectivity index (χ1n) is 5.13. The second-order valence-corrected chi connectivity index (χ2v) is 6.06. The number of benzene rings is 1. The minimum absolute atomic E-state index is 0.238. The van der Waals surface area contributed by atoms with Gasteiger partial charge in [-0.1, -0.05) is 17.7 Å². The molecule has 0 N–H and O–H groups in total. The van der Waals surface area contributed by atoms with E-state index in [1.165, 1.54) is 23.9 Å². The average molecular weight is 395 g/mol. The van der Waals surface area contributed by atoms with Gasteiger partial charge in [-0.3, -0.25) is 0 Å². The summed E-state index contributed by atoms with van der Waals surface area (Å²) in [5.74, 6) is 0.992. The lowest BCUT2D eigenvalue weighted by Gasteiger charge is -2.05. The van der Waals surface area contributed by atoms with E-state index in [0.717, 1.165) is 14.2 Å². The summed E-state index contributed by atoms with van der Waals surface area (Å²) in [5, 5.41) is 0.470. The van der Waals surface area contributed by atoms with Gasteiger partial charge < -0.3 is 0 Å². The van der Waals surface area contributed by atoms with Crippen molar-refractivity contribution in [1.29, 1.82) is 0 Å². The van der Waals surface area contributed by atoms with Crippen molar-refractivity contribution in [3.8, 4) is 0 Å². The maximum absolute atomic E-state index is 13.0. The molecule has 1 heterocycles. The molecule has 0 amide bonds. The summed E-state index contributed by atoms with van der Waals surface area (Å²) < 4.78 is 13.9. The minimum Gasteiger partial charge on any atom is -0.236 e. The highest BCUT2D eigenvalue weighted by Gasteiger charge is 2.07. The van der Waals surface area contributed by atoms with Gasteiger partial charge in [-0.2, -0.15) is 0 Å². The third-order valence-electron chi connectivity index (χ3n) is 2.19. The molecule has 2 aromatic rings. The smallest absolute Gasteiger partial charge is 0.146 e. The Bertz CT molecular complexity index is 557. The van der Waals surface area contributed by atoms with Crippen LogP contribution >= 0.6 is 46.0 Å². The monoisotopic (exact) mass is 394 g/mol. The fraction of sp³-hybridized carbons (Fsp3) is 0.167. The molecule has 0 spiro atoms. The fourth-order valence-electron chi connectivity index (χ4n) is 1.35. The van der Waals surface area contributed by atoms with Gasteiger partial charge in [-0.15, -0.1) is 11.8 Å². The quantitative estimate of drug-likeness (QED) is 0.436. The van der Waals surface area contributed by atoms with Crippen LogP contribution in [0.15, 0.2) is 29.2 Å². The number of hydrogen-bond acceptors (Lipinski definition) is 3. The topological polar surface area (TPSA) is 25.8 Å².